The van der Waals surface area contributed by atoms with Crippen molar-refractivity contribution < 1.29 is 19.8 Å². The van der Waals surface area contributed by atoms with Gasteiger partial charge in [0.1, 0.15) is 10.7 Å². The summed E-state index contributed by atoms with van der Waals surface area (Å²) < 4.78 is 0. The zero-order valence-electron chi connectivity index (χ0n) is 10.0. The van der Waals surface area contributed by atoms with Crippen molar-refractivity contribution in [2.24, 2.45) is 5.73 Å². The largest absolute Gasteiger partial charge is 0.479 e. The van der Waals surface area contributed by atoms with Gasteiger partial charge in [0, 0.05) is 5.38 Å². The van der Waals surface area contributed by atoms with Crippen LogP contribution in [-0.2, 0) is 4.79 Å². The van der Waals surface area contributed by atoms with Gasteiger partial charge in [-0.1, -0.05) is 0 Å². The summed E-state index contributed by atoms with van der Waals surface area (Å²) in [7, 11) is 0. The monoisotopic (exact) mass is 273 g/mol. The third-order valence-electron chi connectivity index (χ3n) is 2.20. The minimum absolute atomic E-state index is 0.161. The number of aromatic nitrogens is 1. The number of carboxylic acids is 1. The highest BCUT2D eigenvalue weighted by atomic mass is 32.1. The predicted octanol–water partition coefficient (Wildman–Crippen LogP) is -0.272. The maximum absolute atomic E-state index is 11.6. The van der Waals surface area contributed by atoms with Crippen molar-refractivity contribution in [1.82, 2.24) is 10.3 Å². The molecule has 0 radical (unpaired) electrons. The van der Waals surface area contributed by atoms with E-state index in [4.69, 9.17) is 10.8 Å². The first-order valence-electron chi connectivity index (χ1n) is 5.19. The fraction of sp³-hybridized carbons (Fsp3) is 0.500. The number of carbonyl (C=O) groups is 2. The van der Waals surface area contributed by atoms with Crippen molar-refractivity contribution in [2.45, 2.75) is 25.5 Å². The Morgan fingerprint density at radius 1 is 1.67 bits per heavy atom. The fourth-order valence-corrected chi connectivity index (χ4v) is 1.78. The smallest absolute Gasteiger partial charge is 0.337 e. The topological polar surface area (TPSA) is 126 Å². The lowest BCUT2D eigenvalue weighted by Gasteiger charge is -2.17. The van der Waals surface area contributed by atoms with Gasteiger partial charge >= 0.3 is 5.97 Å². The lowest BCUT2D eigenvalue weighted by atomic mass is 10.1. The number of thiazole rings is 1. The average Bonchev–Trinajstić information content (AvgIpc) is 2.75. The molecule has 1 aromatic heterocycles. The summed E-state index contributed by atoms with van der Waals surface area (Å²) in [4.78, 5) is 26.3. The number of hydrogen-bond acceptors (Lipinski definition) is 6. The van der Waals surface area contributed by atoms with Gasteiger partial charge in [-0.15, -0.1) is 11.3 Å². The molecule has 1 amide bonds. The van der Waals surface area contributed by atoms with Gasteiger partial charge < -0.3 is 21.3 Å². The first kappa shape index (κ1) is 14.6. The maximum Gasteiger partial charge on any atom is 0.337 e. The number of nitrogens with one attached hydrogen (secondary N) is 1. The number of hydrogen-bond donors (Lipinski definition) is 4. The molecule has 1 aromatic rings. The quantitative estimate of drug-likeness (QED) is 0.585. The van der Waals surface area contributed by atoms with Crippen LogP contribution in [-0.4, -0.2) is 39.2 Å². The van der Waals surface area contributed by atoms with Crippen molar-refractivity contribution in [3.05, 3.63) is 16.1 Å². The number of aliphatic hydroxyl groups is 1. The van der Waals surface area contributed by atoms with E-state index >= 15 is 0 Å². The highest BCUT2D eigenvalue weighted by Crippen LogP contribution is 2.15. The van der Waals surface area contributed by atoms with E-state index in [0.717, 1.165) is 6.92 Å². The van der Waals surface area contributed by atoms with Gasteiger partial charge in [-0.2, -0.15) is 0 Å². The van der Waals surface area contributed by atoms with Gasteiger partial charge in [0.25, 0.3) is 5.91 Å². The summed E-state index contributed by atoms with van der Waals surface area (Å²) in [5.74, 6) is -1.95. The Hall–Kier alpha value is -1.51. The Kier molecular flexibility index (Phi) is 4.38. The van der Waals surface area contributed by atoms with E-state index in [1.54, 1.807) is 6.92 Å². The number of aliphatic carboxylic acids is 1. The lowest BCUT2D eigenvalue weighted by molar-refractivity contribution is -0.155. The summed E-state index contributed by atoms with van der Waals surface area (Å²) in [6, 6.07) is -0.265. The van der Waals surface area contributed by atoms with E-state index in [2.05, 4.69) is 10.3 Å². The van der Waals surface area contributed by atoms with Gasteiger partial charge in [-0.3, -0.25) is 4.79 Å². The van der Waals surface area contributed by atoms with Crippen LogP contribution in [0.2, 0.25) is 0 Å². The van der Waals surface area contributed by atoms with Crippen LogP contribution in [0.5, 0.6) is 0 Å². The van der Waals surface area contributed by atoms with Gasteiger partial charge in [0.2, 0.25) is 0 Å². The van der Waals surface area contributed by atoms with E-state index in [0.29, 0.717) is 5.01 Å². The minimum Gasteiger partial charge on any atom is -0.479 e. The molecule has 2 unspecified atom stereocenters. The van der Waals surface area contributed by atoms with Crippen molar-refractivity contribution in [3.8, 4) is 0 Å². The van der Waals surface area contributed by atoms with Crippen molar-refractivity contribution >= 4 is 23.2 Å². The number of carboxylic acid groups (broad SMARTS) is 1. The SMILES string of the molecule is CC(N)c1nc(C(=O)NCC(C)(O)C(=O)O)cs1. The van der Waals surface area contributed by atoms with Crippen LogP contribution >= 0.6 is 11.3 Å². The highest BCUT2D eigenvalue weighted by Gasteiger charge is 2.30. The minimum atomic E-state index is -2.00. The molecule has 0 saturated heterocycles. The van der Waals surface area contributed by atoms with E-state index in [-0.39, 0.29) is 11.7 Å². The molecule has 0 aliphatic carbocycles. The van der Waals surface area contributed by atoms with Crippen molar-refractivity contribution in [2.75, 3.05) is 6.54 Å². The van der Waals surface area contributed by atoms with E-state index in [1.807, 2.05) is 0 Å². The summed E-state index contributed by atoms with van der Waals surface area (Å²) in [5, 5.41) is 22.6. The molecule has 0 aromatic carbocycles. The number of nitrogens with two attached hydrogens (primary N) is 1. The molecular weight excluding hydrogens is 258 g/mol. The Morgan fingerprint density at radius 2 is 2.28 bits per heavy atom. The van der Waals surface area contributed by atoms with Gasteiger partial charge in [-0.25, -0.2) is 9.78 Å². The van der Waals surface area contributed by atoms with E-state index < -0.39 is 24.0 Å². The molecule has 0 aliphatic rings. The molecule has 2 atom stereocenters. The second-order valence-corrected chi connectivity index (χ2v) is 5.01. The highest BCUT2D eigenvalue weighted by molar-refractivity contribution is 7.09. The second kappa shape index (κ2) is 5.42. The summed E-state index contributed by atoms with van der Waals surface area (Å²) in [6.07, 6.45) is 0. The number of carbonyl (C=O) groups excluding carboxylic acids is 1. The molecule has 1 heterocycles. The second-order valence-electron chi connectivity index (χ2n) is 4.12. The normalized spacial score (nSPS) is 15.8. The molecule has 18 heavy (non-hydrogen) atoms. The lowest BCUT2D eigenvalue weighted by Crippen LogP contribution is -2.46. The van der Waals surface area contributed by atoms with Crippen LogP contribution in [0.1, 0.15) is 35.4 Å². The Morgan fingerprint density at radius 3 is 2.72 bits per heavy atom. The van der Waals surface area contributed by atoms with Crippen LogP contribution in [0.4, 0.5) is 0 Å². The number of amides is 1. The van der Waals surface area contributed by atoms with Gasteiger partial charge in [0.05, 0.1) is 12.6 Å². The van der Waals surface area contributed by atoms with Crippen molar-refractivity contribution in [1.29, 1.82) is 0 Å². The van der Waals surface area contributed by atoms with Crippen molar-refractivity contribution in [3.63, 3.8) is 0 Å². The number of nitrogens with zero attached hydrogens (tertiary/aromatic N) is 1. The molecule has 8 heteroatoms. The molecular formula is C10H15N3O4S. The third kappa shape index (κ3) is 3.49. The molecule has 5 N–H and O–H groups in total. The molecule has 7 nitrogen and oxygen atoms in total. The zero-order valence-corrected chi connectivity index (χ0v) is 10.8. The predicted molar refractivity (Wildman–Crippen MR) is 65.3 cm³/mol. The fourth-order valence-electron chi connectivity index (χ4n) is 1.02. The van der Waals surface area contributed by atoms with E-state index in [9.17, 15) is 14.7 Å². The summed E-state index contributed by atoms with van der Waals surface area (Å²) >= 11 is 1.25. The molecule has 0 bridgehead atoms. The van der Waals surface area contributed by atoms with Crippen LogP contribution in [0.15, 0.2) is 5.38 Å². The van der Waals surface area contributed by atoms with Gasteiger partial charge in [0.15, 0.2) is 5.60 Å². The molecule has 0 spiro atoms. The summed E-state index contributed by atoms with van der Waals surface area (Å²) in [6.45, 7) is 2.45. The van der Waals surface area contributed by atoms with Crippen LogP contribution < -0.4 is 11.1 Å². The first-order valence-corrected chi connectivity index (χ1v) is 6.07. The Labute approximate surface area is 108 Å². The standard InChI is InChI=1S/C10H15N3O4S/c1-5(11)8-13-6(3-18-8)7(14)12-4-10(2,17)9(15)16/h3,5,17H,4,11H2,1-2H3,(H,12,14)(H,15,16). The maximum atomic E-state index is 11.6. The van der Waals surface area contributed by atoms with Crippen LogP contribution in [0.3, 0.4) is 0 Å². The first-order chi connectivity index (χ1) is 8.24. The van der Waals surface area contributed by atoms with Gasteiger partial charge in [-0.05, 0) is 13.8 Å². The summed E-state index contributed by atoms with van der Waals surface area (Å²) in [5.41, 5.74) is 3.76. The third-order valence-corrected chi connectivity index (χ3v) is 3.24. The van der Waals surface area contributed by atoms with E-state index in [1.165, 1.54) is 16.7 Å². The van der Waals surface area contributed by atoms with Crippen LogP contribution in [0, 0.1) is 0 Å². The van der Waals surface area contributed by atoms with Crippen LogP contribution in [0.25, 0.3) is 0 Å². The number of rotatable bonds is 5. The molecule has 0 saturated carbocycles. The average molecular weight is 273 g/mol. The molecule has 1 rings (SSSR count). The molecule has 0 aliphatic heterocycles. The Bertz CT molecular complexity index is 456. The molecule has 0 fully saturated rings. The molecule has 100 valence electrons. The zero-order chi connectivity index (χ0) is 13.9. The Balaban J connectivity index is 2.63.